The Kier molecular flexibility index (Phi) is 4.13. The molecule has 2 aromatic carbocycles. The molecule has 1 aromatic heterocycles. The molecule has 0 fully saturated rings. The first-order valence-electron chi connectivity index (χ1n) is 7.76. The van der Waals surface area contributed by atoms with Crippen LogP contribution in [0.2, 0.25) is 10.0 Å². The molecule has 3 aromatic rings. The average Bonchev–Trinajstić information content (AvgIpc) is 3.05. The lowest BCUT2D eigenvalue weighted by molar-refractivity contribution is -0.148. The Balaban J connectivity index is 1.99. The molecule has 0 unspecified atom stereocenters. The van der Waals surface area contributed by atoms with Gasteiger partial charge in [0.2, 0.25) is 6.10 Å². The zero-order chi connectivity index (χ0) is 18.4. The summed E-state index contributed by atoms with van der Waals surface area (Å²) in [5.74, 6) is -0.989. The summed E-state index contributed by atoms with van der Waals surface area (Å²) in [7, 11) is 1.27. The number of carbonyl (C=O) groups excluding carboxylic acids is 1. The molecule has 0 saturated heterocycles. The van der Waals surface area contributed by atoms with Gasteiger partial charge in [-0.25, -0.2) is 9.59 Å². The lowest BCUT2D eigenvalue weighted by Gasteiger charge is -2.17. The molecular formula is C19H12Cl2O5. The Morgan fingerprint density at radius 2 is 1.88 bits per heavy atom. The minimum Gasteiger partial charge on any atom is -0.476 e. The van der Waals surface area contributed by atoms with E-state index in [0.29, 0.717) is 32.3 Å². The van der Waals surface area contributed by atoms with Crippen LogP contribution in [0.3, 0.4) is 0 Å². The smallest absolute Gasteiger partial charge is 0.348 e. The van der Waals surface area contributed by atoms with Crippen LogP contribution in [0.25, 0.3) is 11.0 Å². The van der Waals surface area contributed by atoms with E-state index in [9.17, 15) is 9.59 Å². The molecule has 1 aliphatic heterocycles. The number of hydrogen-bond donors (Lipinski definition) is 0. The van der Waals surface area contributed by atoms with E-state index < -0.39 is 23.6 Å². The maximum atomic E-state index is 12.7. The second-order valence-corrected chi connectivity index (χ2v) is 6.66. The van der Waals surface area contributed by atoms with Gasteiger partial charge in [0.05, 0.1) is 34.0 Å². The molecule has 1 aliphatic rings. The van der Waals surface area contributed by atoms with Crippen LogP contribution in [-0.4, -0.2) is 19.2 Å². The zero-order valence-electron chi connectivity index (χ0n) is 13.5. The van der Waals surface area contributed by atoms with Gasteiger partial charge in [0, 0.05) is 0 Å². The molecule has 132 valence electrons. The van der Waals surface area contributed by atoms with Crippen molar-refractivity contribution < 1.29 is 18.7 Å². The van der Waals surface area contributed by atoms with Crippen molar-refractivity contribution in [1.29, 1.82) is 0 Å². The number of hydrogen-bond acceptors (Lipinski definition) is 5. The van der Waals surface area contributed by atoms with E-state index in [1.54, 1.807) is 42.5 Å². The van der Waals surface area contributed by atoms with Crippen LogP contribution in [0.15, 0.2) is 51.7 Å². The normalized spacial score (nSPS) is 18.4. The predicted molar refractivity (Wildman–Crippen MR) is 97.2 cm³/mol. The predicted octanol–water partition coefficient (Wildman–Crippen LogP) is 4.17. The van der Waals surface area contributed by atoms with Gasteiger partial charge in [-0.05, 0) is 29.8 Å². The highest BCUT2D eigenvalue weighted by molar-refractivity contribution is 6.42. The van der Waals surface area contributed by atoms with E-state index in [-0.39, 0.29) is 5.56 Å². The highest BCUT2D eigenvalue weighted by Gasteiger charge is 2.45. The average molecular weight is 391 g/mol. The van der Waals surface area contributed by atoms with Crippen LogP contribution in [0.5, 0.6) is 5.75 Å². The molecule has 0 aliphatic carbocycles. The minimum absolute atomic E-state index is 0.262. The molecule has 0 N–H and O–H groups in total. The lowest BCUT2D eigenvalue weighted by Crippen LogP contribution is -2.31. The van der Waals surface area contributed by atoms with Gasteiger partial charge in [-0.2, -0.15) is 0 Å². The Bertz CT molecular complexity index is 1090. The number of halogens is 2. The quantitative estimate of drug-likeness (QED) is 0.485. The highest BCUT2D eigenvalue weighted by Crippen LogP contribution is 2.45. The Labute approximate surface area is 158 Å². The number of ether oxygens (including phenoxy) is 2. The van der Waals surface area contributed by atoms with E-state index in [1.807, 2.05) is 0 Å². The van der Waals surface area contributed by atoms with Crippen molar-refractivity contribution in [3.63, 3.8) is 0 Å². The van der Waals surface area contributed by atoms with E-state index in [4.69, 9.17) is 37.1 Å². The maximum Gasteiger partial charge on any atom is 0.348 e. The van der Waals surface area contributed by atoms with Gasteiger partial charge in [0.15, 0.2) is 0 Å². The van der Waals surface area contributed by atoms with Gasteiger partial charge in [0.25, 0.3) is 0 Å². The van der Waals surface area contributed by atoms with Gasteiger partial charge in [-0.1, -0.05) is 41.4 Å². The first-order chi connectivity index (χ1) is 12.5. The van der Waals surface area contributed by atoms with Crippen LogP contribution >= 0.6 is 23.2 Å². The van der Waals surface area contributed by atoms with Gasteiger partial charge in [-0.15, -0.1) is 0 Å². The molecule has 0 spiro atoms. The largest absolute Gasteiger partial charge is 0.476 e. The number of para-hydroxylation sites is 1. The third kappa shape index (κ3) is 2.55. The second-order valence-electron chi connectivity index (χ2n) is 5.84. The summed E-state index contributed by atoms with van der Waals surface area (Å²) in [4.78, 5) is 25.0. The van der Waals surface area contributed by atoms with Crippen molar-refractivity contribution in [2.45, 2.75) is 12.0 Å². The van der Waals surface area contributed by atoms with Crippen LogP contribution in [0.1, 0.15) is 17.0 Å². The lowest BCUT2D eigenvalue weighted by atomic mass is 9.88. The van der Waals surface area contributed by atoms with Crippen molar-refractivity contribution in [2.75, 3.05) is 7.11 Å². The number of fused-ring (bicyclic) bond motifs is 3. The summed E-state index contributed by atoms with van der Waals surface area (Å²) in [6.45, 7) is 0. The van der Waals surface area contributed by atoms with Gasteiger partial charge >= 0.3 is 11.6 Å². The second kappa shape index (κ2) is 6.34. The van der Waals surface area contributed by atoms with E-state index >= 15 is 0 Å². The first-order valence-corrected chi connectivity index (χ1v) is 8.52. The summed E-state index contributed by atoms with van der Waals surface area (Å²) in [5, 5.41) is 1.29. The SMILES string of the molecule is COC(=O)[C@H]1Oc2c(c(=O)oc3ccccc23)[C@@H]1c1ccc(Cl)c(Cl)c1. The van der Waals surface area contributed by atoms with Gasteiger partial charge in [0.1, 0.15) is 11.3 Å². The van der Waals surface area contributed by atoms with Gasteiger partial charge in [-0.3, -0.25) is 0 Å². The molecule has 7 heteroatoms. The third-order valence-corrected chi connectivity index (χ3v) is 5.13. The molecule has 4 rings (SSSR count). The van der Waals surface area contributed by atoms with Crippen LogP contribution < -0.4 is 10.4 Å². The molecular weight excluding hydrogens is 379 g/mol. The number of benzene rings is 2. The number of esters is 1. The Morgan fingerprint density at radius 3 is 2.62 bits per heavy atom. The van der Waals surface area contributed by atoms with E-state index in [0.717, 1.165) is 0 Å². The molecule has 0 radical (unpaired) electrons. The third-order valence-electron chi connectivity index (χ3n) is 4.39. The summed E-state index contributed by atoms with van der Waals surface area (Å²) < 4.78 is 16.2. The fraction of sp³-hybridized carbons (Fsp3) is 0.158. The van der Waals surface area contributed by atoms with E-state index in [2.05, 4.69) is 0 Å². The van der Waals surface area contributed by atoms with Gasteiger partial charge < -0.3 is 13.9 Å². The van der Waals surface area contributed by atoms with Crippen LogP contribution in [0, 0.1) is 0 Å². The molecule has 0 saturated carbocycles. The van der Waals surface area contributed by atoms with Crippen LogP contribution in [0.4, 0.5) is 0 Å². The van der Waals surface area contributed by atoms with Crippen molar-refractivity contribution in [1.82, 2.24) is 0 Å². The number of methoxy groups -OCH3 is 1. The van der Waals surface area contributed by atoms with Crippen molar-refractivity contribution >= 4 is 40.1 Å². The molecule has 2 atom stereocenters. The summed E-state index contributed by atoms with van der Waals surface area (Å²) in [6.07, 6.45) is -1.03. The Hall–Kier alpha value is -2.50. The molecule has 26 heavy (non-hydrogen) atoms. The monoisotopic (exact) mass is 390 g/mol. The fourth-order valence-corrected chi connectivity index (χ4v) is 3.53. The topological polar surface area (TPSA) is 65.7 Å². The summed E-state index contributed by atoms with van der Waals surface area (Å²) in [5.41, 5.74) is 0.685. The maximum absolute atomic E-state index is 12.7. The van der Waals surface area contributed by atoms with Crippen LogP contribution in [-0.2, 0) is 9.53 Å². The fourth-order valence-electron chi connectivity index (χ4n) is 3.23. The van der Waals surface area contributed by atoms with Crippen molar-refractivity contribution in [3.8, 4) is 5.75 Å². The summed E-state index contributed by atoms with van der Waals surface area (Å²) in [6, 6.07) is 11.9. The zero-order valence-corrected chi connectivity index (χ0v) is 15.0. The first kappa shape index (κ1) is 16.9. The molecule has 0 bridgehead atoms. The molecule has 5 nitrogen and oxygen atoms in total. The van der Waals surface area contributed by atoms with Crippen molar-refractivity contribution in [2.24, 2.45) is 0 Å². The standard InChI is InChI=1S/C19H12Cl2O5/c1-24-19(23)17-14(9-6-7-11(20)12(21)8-9)15-16(26-17)10-4-2-3-5-13(10)25-18(15)22/h2-8,14,17H,1H3/t14-,17-/m0/s1. The number of carbonyl (C=O) groups is 1. The number of rotatable bonds is 2. The molecule has 2 heterocycles. The van der Waals surface area contributed by atoms with E-state index in [1.165, 1.54) is 7.11 Å². The Morgan fingerprint density at radius 1 is 1.12 bits per heavy atom. The summed E-state index contributed by atoms with van der Waals surface area (Å²) >= 11 is 12.1. The van der Waals surface area contributed by atoms with Crippen molar-refractivity contribution in [3.05, 3.63) is 74.1 Å². The molecule has 0 amide bonds. The minimum atomic E-state index is -1.03. The highest BCUT2D eigenvalue weighted by atomic mass is 35.5.